The molecule has 9 heteroatoms. The zero-order valence-electron chi connectivity index (χ0n) is 25.8. The van der Waals surface area contributed by atoms with E-state index in [4.69, 9.17) is 14.8 Å². The van der Waals surface area contributed by atoms with Gasteiger partial charge in [0.25, 0.3) is 11.8 Å². The summed E-state index contributed by atoms with van der Waals surface area (Å²) in [7, 11) is 0. The van der Waals surface area contributed by atoms with Gasteiger partial charge >= 0.3 is 5.97 Å². The molecule has 1 atom stereocenters. The van der Waals surface area contributed by atoms with Crippen molar-refractivity contribution in [3.05, 3.63) is 83.7 Å². The highest BCUT2D eigenvalue weighted by atomic mass is 16.7. The Morgan fingerprint density at radius 3 is 2.50 bits per heavy atom. The standard InChI is InChI=1S/C37H37N5O4/c43-33-19-20-34(44)42(33)46-35(45)16-8-6-4-2-1-3-5-7-12-26-17-18-27-23-30(24-29(27)22-26)39-37-31-14-9-10-15-32(31)40-36(41-37)28-13-11-21-38-25-28/h9-11,13-15,17-18,21-22,25,30H,1-6,8,16,19-20,23-24H2,(H,39,40,41)/t30-/m0/s1. The summed E-state index contributed by atoms with van der Waals surface area (Å²) in [4.78, 5) is 53.7. The van der Waals surface area contributed by atoms with E-state index in [-0.39, 0.29) is 25.3 Å². The third kappa shape index (κ3) is 7.75. The van der Waals surface area contributed by atoms with E-state index in [9.17, 15) is 14.4 Å². The van der Waals surface area contributed by atoms with Crippen LogP contribution in [0.2, 0.25) is 0 Å². The number of amides is 2. The number of nitrogens with one attached hydrogen (secondary N) is 1. The van der Waals surface area contributed by atoms with Crippen LogP contribution in [0.5, 0.6) is 0 Å². The van der Waals surface area contributed by atoms with Crippen LogP contribution in [-0.4, -0.2) is 43.8 Å². The Morgan fingerprint density at radius 1 is 0.891 bits per heavy atom. The quantitative estimate of drug-likeness (QED) is 0.111. The number of carbonyl (C=O) groups excluding carboxylic acids is 3. The van der Waals surface area contributed by atoms with Gasteiger partial charge < -0.3 is 10.2 Å². The Kier molecular flexibility index (Phi) is 9.93. The van der Waals surface area contributed by atoms with Gasteiger partial charge in [0.15, 0.2) is 5.82 Å². The summed E-state index contributed by atoms with van der Waals surface area (Å²) in [6.07, 6.45) is 12.5. The van der Waals surface area contributed by atoms with Gasteiger partial charge in [-0.1, -0.05) is 55.7 Å². The Hall–Kier alpha value is -5.10. The maximum Gasteiger partial charge on any atom is 0.333 e. The molecule has 46 heavy (non-hydrogen) atoms. The fourth-order valence-electron chi connectivity index (χ4n) is 5.96. The molecule has 2 aliphatic rings. The van der Waals surface area contributed by atoms with Gasteiger partial charge in [-0.2, -0.15) is 0 Å². The molecule has 1 fully saturated rings. The van der Waals surface area contributed by atoms with E-state index in [1.807, 2.05) is 30.3 Å². The van der Waals surface area contributed by atoms with Crippen molar-refractivity contribution < 1.29 is 19.2 Å². The molecule has 4 aromatic rings. The fraction of sp³-hybridized carbons (Fsp3) is 0.351. The summed E-state index contributed by atoms with van der Waals surface area (Å²) in [6, 6.07) is 18.8. The Labute approximate surface area is 268 Å². The van der Waals surface area contributed by atoms with Crippen molar-refractivity contribution in [3.63, 3.8) is 0 Å². The van der Waals surface area contributed by atoms with Crippen LogP contribution in [0.1, 0.15) is 80.9 Å². The molecule has 6 rings (SSSR count). The summed E-state index contributed by atoms with van der Waals surface area (Å²) < 4.78 is 0. The van der Waals surface area contributed by atoms with Gasteiger partial charge in [-0.05, 0) is 73.2 Å². The predicted molar refractivity (Wildman–Crippen MR) is 175 cm³/mol. The minimum absolute atomic E-state index is 0.112. The number of fused-ring (bicyclic) bond motifs is 2. The van der Waals surface area contributed by atoms with Crippen LogP contribution in [0.25, 0.3) is 22.3 Å². The van der Waals surface area contributed by atoms with Crippen molar-refractivity contribution >= 4 is 34.5 Å². The molecule has 1 aliphatic heterocycles. The van der Waals surface area contributed by atoms with E-state index >= 15 is 0 Å². The largest absolute Gasteiger partial charge is 0.366 e. The first-order valence-electron chi connectivity index (χ1n) is 16.1. The van der Waals surface area contributed by atoms with Crippen LogP contribution in [0.15, 0.2) is 67.0 Å². The van der Waals surface area contributed by atoms with E-state index in [0.29, 0.717) is 17.3 Å². The summed E-state index contributed by atoms with van der Waals surface area (Å²) in [5, 5.41) is 5.33. The van der Waals surface area contributed by atoms with Gasteiger partial charge in [0.2, 0.25) is 0 Å². The number of hydrogen-bond donors (Lipinski definition) is 1. The number of imide groups is 1. The van der Waals surface area contributed by atoms with Gasteiger partial charge in [0.05, 0.1) is 5.52 Å². The number of hydrogen-bond acceptors (Lipinski definition) is 8. The topological polar surface area (TPSA) is 114 Å². The van der Waals surface area contributed by atoms with Crippen molar-refractivity contribution in [1.29, 1.82) is 0 Å². The van der Waals surface area contributed by atoms with Crippen molar-refractivity contribution in [2.75, 3.05) is 5.32 Å². The maximum absolute atomic E-state index is 11.9. The molecule has 2 aromatic heterocycles. The second-order valence-corrected chi connectivity index (χ2v) is 11.9. The summed E-state index contributed by atoms with van der Waals surface area (Å²) in [5.74, 6) is 6.79. The van der Waals surface area contributed by atoms with Crippen molar-refractivity contribution in [2.24, 2.45) is 0 Å². The lowest BCUT2D eigenvalue weighted by molar-refractivity contribution is -0.197. The van der Waals surface area contributed by atoms with E-state index in [1.165, 1.54) is 11.1 Å². The molecule has 9 nitrogen and oxygen atoms in total. The van der Waals surface area contributed by atoms with Crippen LogP contribution in [-0.2, 0) is 32.1 Å². The number of nitrogens with zero attached hydrogens (tertiary/aromatic N) is 4. The molecule has 3 heterocycles. The molecule has 1 saturated heterocycles. The van der Waals surface area contributed by atoms with Crippen LogP contribution >= 0.6 is 0 Å². The van der Waals surface area contributed by atoms with E-state index in [1.54, 1.807) is 12.4 Å². The van der Waals surface area contributed by atoms with Crippen molar-refractivity contribution in [1.82, 2.24) is 20.0 Å². The molecule has 0 spiro atoms. The molecule has 2 amide bonds. The summed E-state index contributed by atoms with van der Waals surface area (Å²) in [5.41, 5.74) is 5.52. The smallest absolute Gasteiger partial charge is 0.333 e. The van der Waals surface area contributed by atoms with Gasteiger partial charge in [0.1, 0.15) is 5.82 Å². The molecule has 1 N–H and O–H groups in total. The van der Waals surface area contributed by atoms with Crippen LogP contribution in [0.4, 0.5) is 5.82 Å². The van der Waals surface area contributed by atoms with Gasteiger partial charge in [-0.3, -0.25) is 14.6 Å². The molecule has 0 unspecified atom stereocenters. The average Bonchev–Trinajstić information content (AvgIpc) is 3.62. The SMILES string of the molecule is O=C(CCCCCCCCC#Cc1ccc2c(c1)C[C@@H](Nc1nc(-c3cccnc3)nc3ccccc13)C2)ON1C(=O)CCC1=O. The highest BCUT2D eigenvalue weighted by molar-refractivity contribution is 6.01. The number of hydroxylamine groups is 2. The number of carbonyl (C=O) groups is 3. The first-order chi connectivity index (χ1) is 22.5. The maximum atomic E-state index is 11.9. The van der Waals surface area contributed by atoms with Gasteiger partial charge in [0, 0.05) is 60.6 Å². The zero-order valence-corrected chi connectivity index (χ0v) is 25.8. The second kappa shape index (κ2) is 14.8. The first kappa shape index (κ1) is 30.9. The average molecular weight is 616 g/mol. The molecule has 234 valence electrons. The number of rotatable bonds is 12. The lowest BCUT2D eigenvalue weighted by Gasteiger charge is -2.15. The molecule has 2 aromatic carbocycles. The number of pyridine rings is 1. The van der Waals surface area contributed by atoms with Gasteiger partial charge in [-0.15, -0.1) is 5.06 Å². The number of aromatic nitrogens is 3. The first-order valence-corrected chi connectivity index (χ1v) is 16.1. The minimum atomic E-state index is -0.521. The molecule has 0 radical (unpaired) electrons. The molecular weight excluding hydrogens is 578 g/mol. The second-order valence-electron chi connectivity index (χ2n) is 11.9. The Morgan fingerprint density at radius 2 is 1.67 bits per heavy atom. The number of benzene rings is 2. The van der Waals surface area contributed by atoms with Crippen molar-refractivity contribution in [3.8, 4) is 23.2 Å². The number of anilines is 1. The fourth-order valence-corrected chi connectivity index (χ4v) is 5.96. The molecule has 0 saturated carbocycles. The Bertz CT molecular complexity index is 1780. The number of unbranched alkanes of at least 4 members (excludes halogenated alkanes) is 6. The predicted octanol–water partition coefficient (Wildman–Crippen LogP) is 6.35. The number of para-hydroxylation sites is 1. The lowest BCUT2D eigenvalue weighted by Crippen LogP contribution is -2.31. The molecule has 0 bridgehead atoms. The van der Waals surface area contributed by atoms with E-state index in [2.05, 4.69) is 46.4 Å². The highest BCUT2D eigenvalue weighted by Crippen LogP contribution is 2.29. The zero-order chi connectivity index (χ0) is 31.7. The highest BCUT2D eigenvalue weighted by Gasteiger charge is 2.32. The van der Waals surface area contributed by atoms with Gasteiger partial charge in [-0.25, -0.2) is 14.8 Å². The lowest BCUT2D eigenvalue weighted by atomic mass is 10.1. The monoisotopic (exact) mass is 615 g/mol. The Balaban J connectivity index is 0.927. The third-order valence-electron chi connectivity index (χ3n) is 8.37. The summed E-state index contributed by atoms with van der Waals surface area (Å²) in [6.45, 7) is 0. The normalized spacial score (nSPS) is 15.5. The van der Waals surface area contributed by atoms with Crippen LogP contribution < -0.4 is 5.32 Å². The van der Waals surface area contributed by atoms with E-state index < -0.39 is 17.8 Å². The summed E-state index contributed by atoms with van der Waals surface area (Å²) >= 11 is 0. The van der Waals surface area contributed by atoms with E-state index in [0.717, 1.165) is 79.2 Å². The van der Waals surface area contributed by atoms with Crippen LogP contribution in [0, 0.1) is 11.8 Å². The molecular formula is C37H37N5O4. The third-order valence-corrected chi connectivity index (χ3v) is 8.37. The minimum Gasteiger partial charge on any atom is -0.366 e. The molecule has 1 aliphatic carbocycles. The van der Waals surface area contributed by atoms with Crippen LogP contribution in [0.3, 0.4) is 0 Å². The van der Waals surface area contributed by atoms with Crippen molar-refractivity contribution in [2.45, 2.75) is 83.1 Å².